The van der Waals surface area contributed by atoms with Crippen LogP contribution in [0.25, 0.3) is 5.52 Å². The molecule has 126 valence electrons. The molecule has 0 saturated heterocycles. The Kier molecular flexibility index (Phi) is 5.49. The molecule has 1 aromatic carbocycles. The summed E-state index contributed by atoms with van der Waals surface area (Å²) in [5, 5.41) is 25.6. The highest BCUT2D eigenvalue weighted by Gasteiger charge is 2.12. The molecule has 0 spiro atoms. The first-order valence-corrected chi connectivity index (χ1v) is 7.63. The third-order valence-electron chi connectivity index (χ3n) is 3.47. The second kappa shape index (κ2) is 7.56. The van der Waals surface area contributed by atoms with Crippen LogP contribution in [0.5, 0.6) is 0 Å². The summed E-state index contributed by atoms with van der Waals surface area (Å²) in [4.78, 5) is 15.2. The number of aryl methyl sites for hydroxylation is 1. The predicted octanol–water partition coefficient (Wildman–Crippen LogP) is 3.00. The van der Waals surface area contributed by atoms with E-state index in [-0.39, 0.29) is 12.2 Å². The lowest BCUT2D eigenvalue weighted by Crippen LogP contribution is -2.02. The Morgan fingerprint density at radius 2 is 2.08 bits per heavy atom. The van der Waals surface area contributed by atoms with Crippen LogP contribution in [0.4, 0.5) is 11.5 Å². The highest BCUT2D eigenvalue weighted by molar-refractivity contribution is 5.89. The Labute approximate surface area is 139 Å². The summed E-state index contributed by atoms with van der Waals surface area (Å²) in [5.41, 5.74) is 3.19. The smallest absolute Gasteiger partial charge is 0.335 e. The molecule has 3 N–H and O–H groups in total. The fraction of sp³-hybridized carbons (Fsp3) is 0.235. The summed E-state index contributed by atoms with van der Waals surface area (Å²) in [6.45, 7) is 5.80. The first-order valence-electron chi connectivity index (χ1n) is 7.63. The van der Waals surface area contributed by atoms with Gasteiger partial charge in [-0.05, 0) is 30.7 Å². The number of carboxylic acids is 1. The number of nitrogens with zero attached hydrogens (tertiary/aromatic N) is 3. The lowest BCUT2D eigenvalue weighted by Gasteiger charge is -2.08. The first kappa shape index (κ1) is 17.4. The van der Waals surface area contributed by atoms with Gasteiger partial charge in [-0.1, -0.05) is 19.9 Å². The van der Waals surface area contributed by atoms with Crippen molar-refractivity contribution in [3.05, 3.63) is 53.5 Å². The number of hydrogen-bond acceptors (Lipinski definition) is 5. The molecule has 0 bridgehead atoms. The van der Waals surface area contributed by atoms with Crippen LogP contribution in [0.1, 0.15) is 35.3 Å². The van der Waals surface area contributed by atoms with Gasteiger partial charge >= 0.3 is 5.97 Å². The van der Waals surface area contributed by atoms with Crippen molar-refractivity contribution in [2.24, 2.45) is 0 Å². The first-order chi connectivity index (χ1) is 11.6. The van der Waals surface area contributed by atoms with E-state index in [1.807, 2.05) is 20.8 Å². The van der Waals surface area contributed by atoms with Crippen molar-refractivity contribution < 1.29 is 15.0 Å². The third kappa shape index (κ3) is 3.36. The molecule has 0 unspecified atom stereocenters. The molecule has 0 fully saturated rings. The molecular formula is C17H20N4O3. The fourth-order valence-electron chi connectivity index (χ4n) is 2.33. The number of nitrogens with one attached hydrogen (secondary N) is 1. The fourth-order valence-corrected chi connectivity index (χ4v) is 2.33. The molecule has 3 rings (SSSR count). The molecule has 0 aliphatic carbocycles. The molecule has 7 nitrogen and oxygen atoms in total. The molecule has 24 heavy (non-hydrogen) atoms. The van der Waals surface area contributed by atoms with E-state index in [0.717, 1.165) is 16.6 Å². The number of hydrogen-bond donors (Lipinski definition) is 3. The molecule has 7 heteroatoms. The van der Waals surface area contributed by atoms with Crippen LogP contribution in [0, 0.1) is 6.92 Å². The summed E-state index contributed by atoms with van der Waals surface area (Å²) in [7, 11) is 0. The number of rotatable bonds is 4. The Morgan fingerprint density at radius 1 is 1.33 bits per heavy atom. The maximum absolute atomic E-state index is 11.0. The van der Waals surface area contributed by atoms with Crippen molar-refractivity contribution in [1.29, 1.82) is 0 Å². The van der Waals surface area contributed by atoms with E-state index in [1.165, 1.54) is 18.5 Å². The van der Waals surface area contributed by atoms with E-state index in [1.54, 1.807) is 22.8 Å². The van der Waals surface area contributed by atoms with Crippen LogP contribution < -0.4 is 5.32 Å². The summed E-state index contributed by atoms with van der Waals surface area (Å²) in [6.07, 6.45) is 3.14. The Hall–Kier alpha value is -2.93. The van der Waals surface area contributed by atoms with Gasteiger partial charge in [0, 0.05) is 17.4 Å². The van der Waals surface area contributed by atoms with Gasteiger partial charge in [-0.3, -0.25) is 0 Å². The topological polar surface area (TPSA) is 99.8 Å². The SMILES string of the molecule is CC.Cc1c(CO)cn2ncnc(Nc3cccc(C(=O)O)c3)c12. The van der Waals surface area contributed by atoms with Crippen LogP contribution in [0.15, 0.2) is 36.8 Å². The molecule has 2 heterocycles. The number of carboxylic acid groups (broad SMARTS) is 1. The summed E-state index contributed by atoms with van der Waals surface area (Å²) in [5.74, 6) is -0.437. The molecular weight excluding hydrogens is 308 g/mol. The van der Waals surface area contributed by atoms with Crippen molar-refractivity contribution in [2.75, 3.05) is 5.32 Å². The number of benzene rings is 1. The Bertz CT molecular complexity index is 858. The van der Waals surface area contributed by atoms with Crippen LogP contribution in [0.2, 0.25) is 0 Å². The summed E-state index contributed by atoms with van der Waals surface area (Å²) < 4.78 is 1.64. The zero-order chi connectivity index (χ0) is 17.7. The maximum atomic E-state index is 11.0. The average Bonchev–Trinajstić information content (AvgIpc) is 2.94. The number of aromatic nitrogens is 3. The van der Waals surface area contributed by atoms with Gasteiger partial charge in [0.25, 0.3) is 0 Å². The monoisotopic (exact) mass is 328 g/mol. The summed E-state index contributed by atoms with van der Waals surface area (Å²) in [6, 6.07) is 6.48. The van der Waals surface area contributed by atoms with Crippen LogP contribution >= 0.6 is 0 Å². The van der Waals surface area contributed by atoms with E-state index >= 15 is 0 Å². The number of aliphatic hydroxyl groups is 1. The lowest BCUT2D eigenvalue weighted by molar-refractivity contribution is 0.0697. The van der Waals surface area contributed by atoms with Crippen molar-refractivity contribution >= 4 is 23.0 Å². The zero-order valence-electron chi connectivity index (χ0n) is 13.8. The van der Waals surface area contributed by atoms with E-state index in [2.05, 4.69) is 15.4 Å². The van der Waals surface area contributed by atoms with E-state index in [9.17, 15) is 9.90 Å². The van der Waals surface area contributed by atoms with Gasteiger partial charge in [0.05, 0.1) is 12.2 Å². The standard InChI is InChI=1S/C15H14N4O3.C2H6/c1-9-11(7-20)6-19-13(9)14(16-8-17-19)18-12-4-2-3-10(5-12)15(21)22;1-2/h2-6,8,20H,7H2,1H3,(H,21,22)(H,16,17,18);1-2H3. The average molecular weight is 328 g/mol. The number of aliphatic hydroxyl groups excluding tert-OH is 1. The van der Waals surface area contributed by atoms with Crippen molar-refractivity contribution in [3.8, 4) is 0 Å². The minimum absolute atomic E-state index is 0.0802. The van der Waals surface area contributed by atoms with Gasteiger partial charge in [0.2, 0.25) is 0 Å². The van der Waals surface area contributed by atoms with Crippen LogP contribution in [-0.2, 0) is 6.61 Å². The number of fused-ring (bicyclic) bond motifs is 1. The maximum Gasteiger partial charge on any atom is 0.335 e. The lowest BCUT2D eigenvalue weighted by atomic mass is 10.2. The van der Waals surface area contributed by atoms with Crippen LogP contribution in [0.3, 0.4) is 0 Å². The van der Waals surface area contributed by atoms with Gasteiger partial charge in [-0.25, -0.2) is 14.3 Å². The molecule has 0 amide bonds. The van der Waals surface area contributed by atoms with E-state index in [4.69, 9.17) is 5.11 Å². The largest absolute Gasteiger partial charge is 0.478 e. The van der Waals surface area contributed by atoms with Crippen LogP contribution in [-0.4, -0.2) is 30.8 Å². The number of aromatic carboxylic acids is 1. The van der Waals surface area contributed by atoms with Gasteiger partial charge in [0.1, 0.15) is 11.8 Å². The van der Waals surface area contributed by atoms with Crippen molar-refractivity contribution in [3.63, 3.8) is 0 Å². The molecule has 0 radical (unpaired) electrons. The minimum Gasteiger partial charge on any atom is -0.478 e. The molecule has 0 saturated carbocycles. The Morgan fingerprint density at radius 3 is 2.75 bits per heavy atom. The number of carbonyl (C=O) groups is 1. The zero-order valence-corrected chi connectivity index (χ0v) is 13.8. The quantitative estimate of drug-likeness (QED) is 0.681. The molecule has 3 aromatic rings. The minimum atomic E-state index is -0.988. The van der Waals surface area contributed by atoms with Crippen molar-refractivity contribution in [1.82, 2.24) is 14.6 Å². The van der Waals surface area contributed by atoms with Gasteiger partial charge in [-0.15, -0.1) is 0 Å². The van der Waals surface area contributed by atoms with Gasteiger partial charge in [-0.2, -0.15) is 5.10 Å². The second-order valence-corrected chi connectivity index (χ2v) is 4.85. The molecule has 2 aromatic heterocycles. The van der Waals surface area contributed by atoms with E-state index < -0.39 is 5.97 Å². The van der Waals surface area contributed by atoms with Gasteiger partial charge < -0.3 is 15.5 Å². The predicted molar refractivity (Wildman–Crippen MR) is 91.7 cm³/mol. The second-order valence-electron chi connectivity index (χ2n) is 4.85. The highest BCUT2D eigenvalue weighted by Crippen LogP contribution is 2.25. The number of anilines is 2. The highest BCUT2D eigenvalue weighted by atomic mass is 16.4. The third-order valence-corrected chi connectivity index (χ3v) is 3.47. The molecule has 0 aliphatic heterocycles. The molecule has 0 aliphatic rings. The normalized spacial score (nSPS) is 10.2. The Balaban J connectivity index is 0.00000100. The van der Waals surface area contributed by atoms with E-state index in [0.29, 0.717) is 11.5 Å². The van der Waals surface area contributed by atoms with Gasteiger partial charge in [0.15, 0.2) is 5.82 Å². The van der Waals surface area contributed by atoms with Crippen molar-refractivity contribution in [2.45, 2.75) is 27.4 Å². The summed E-state index contributed by atoms with van der Waals surface area (Å²) >= 11 is 0. The molecule has 0 atom stereocenters.